The molecule has 1 aliphatic rings. The number of aliphatic hydroxyl groups is 1. The van der Waals surface area contributed by atoms with Crippen LogP contribution in [-0.4, -0.2) is 33.6 Å². The Hall–Kier alpha value is -1.73. The van der Waals surface area contributed by atoms with Gasteiger partial charge in [-0.1, -0.05) is 18.0 Å². The van der Waals surface area contributed by atoms with Crippen molar-refractivity contribution in [3.8, 4) is 0 Å². The third-order valence-electron chi connectivity index (χ3n) is 3.45. The van der Waals surface area contributed by atoms with Gasteiger partial charge in [-0.05, 0) is 18.9 Å². The number of hydrogen-bond donors (Lipinski definition) is 2. The van der Waals surface area contributed by atoms with E-state index in [2.05, 4.69) is 10.3 Å². The van der Waals surface area contributed by atoms with E-state index < -0.39 is 22.6 Å². The van der Waals surface area contributed by atoms with Crippen LogP contribution in [0.1, 0.15) is 29.6 Å². The van der Waals surface area contributed by atoms with Crippen LogP contribution >= 0.6 is 11.6 Å². The number of halogens is 1. The Kier molecular flexibility index (Phi) is 4.51. The summed E-state index contributed by atoms with van der Waals surface area (Å²) in [7, 11) is 0. The van der Waals surface area contributed by atoms with Gasteiger partial charge in [0.15, 0.2) is 0 Å². The summed E-state index contributed by atoms with van der Waals surface area (Å²) < 4.78 is 0. The molecular formula is C12H14ClN3O4. The molecule has 1 aromatic heterocycles. The fourth-order valence-electron chi connectivity index (χ4n) is 2.36. The van der Waals surface area contributed by atoms with Gasteiger partial charge < -0.3 is 10.4 Å². The Balaban J connectivity index is 2.09. The van der Waals surface area contributed by atoms with Crippen LogP contribution in [0, 0.1) is 16.0 Å². The number of aliphatic hydroxyl groups excluding tert-OH is 1. The number of carbonyl (C=O) groups excluding carboxylic acids is 1. The first-order valence-corrected chi connectivity index (χ1v) is 6.63. The largest absolute Gasteiger partial charge is 0.393 e. The van der Waals surface area contributed by atoms with Crippen LogP contribution in [0.4, 0.5) is 5.69 Å². The highest BCUT2D eigenvalue weighted by atomic mass is 35.5. The quantitative estimate of drug-likeness (QED) is 0.498. The van der Waals surface area contributed by atoms with Gasteiger partial charge in [0.2, 0.25) is 5.15 Å². The minimum absolute atomic E-state index is 0.00434. The smallest absolute Gasteiger partial charge is 0.319 e. The lowest BCUT2D eigenvalue weighted by atomic mass is 10.1. The second kappa shape index (κ2) is 6.15. The fourth-order valence-corrected chi connectivity index (χ4v) is 2.59. The number of pyridine rings is 1. The third-order valence-corrected chi connectivity index (χ3v) is 3.73. The molecule has 1 aliphatic carbocycles. The SMILES string of the molecule is O=C(NCC1CCCC1O)c1ccnc(Cl)c1[N+](=O)[O-]. The highest BCUT2D eigenvalue weighted by Crippen LogP contribution is 2.27. The molecular weight excluding hydrogens is 286 g/mol. The number of aromatic nitrogens is 1. The second-order valence-electron chi connectivity index (χ2n) is 4.72. The normalized spacial score (nSPS) is 21.7. The molecule has 0 saturated heterocycles. The fraction of sp³-hybridized carbons (Fsp3) is 0.500. The number of nitro groups is 1. The van der Waals surface area contributed by atoms with E-state index in [-0.39, 0.29) is 23.2 Å². The van der Waals surface area contributed by atoms with Crippen molar-refractivity contribution in [3.63, 3.8) is 0 Å². The highest BCUT2D eigenvalue weighted by molar-refractivity contribution is 6.32. The molecule has 1 fully saturated rings. The zero-order valence-electron chi connectivity index (χ0n) is 10.6. The lowest BCUT2D eigenvalue weighted by Crippen LogP contribution is -2.32. The van der Waals surface area contributed by atoms with Crippen LogP contribution in [-0.2, 0) is 0 Å². The van der Waals surface area contributed by atoms with Crippen molar-refractivity contribution in [2.45, 2.75) is 25.4 Å². The van der Waals surface area contributed by atoms with Crippen molar-refractivity contribution in [1.82, 2.24) is 10.3 Å². The average molecular weight is 300 g/mol. The van der Waals surface area contributed by atoms with Gasteiger partial charge in [-0.15, -0.1) is 0 Å². The number of carbonyl (C=O) groups is 1. The Labute approximate surface area is 120 Å². The van der Waals surface area contributed by atoms with Crippen LogP contribution in [0.15, 0.2) is 12.3 Å². The summed E-state index contributed by atoms with van der Waals surface area (Å²) in [5.74, 6) is -0.588. The molecule has 2 unspecified atom stereocenters. The summed E-state index contributed by atoms with van der Waals surface area (Å²) in [4.78, 5) is 25.8. The molecule has 0 bridgehead atoms. The Bertz CT molecular complexity index is 537. The molecule has 2 atom stereocenters. The van der Waals surface area contributed by atoms with Crippen LogP contribution in [0.2, 0.25) is 5.15 Å². The van der Waals surface area contributed by atoms with E-state index in [1.165, 1.54) is 12.3 Å². The molecule has 0 radical (unpaired) electrons. The summed E-state index contributed by atoms with van der Waals surface area (Å²) >= 11 is 5.65. The van der Waals surface area contributed by atoms with Crippen molar-refractivity contribution >= 4 is 23.2 Å². The molecule has 1 heterocycles. The Morgan fingerprint density at radius 1 is 1.60 bits per heavy atom. The third kappa shape index (κ3) is 3.05. The lowest BCUT2D eigenvalue weighted by molar-refractivity contribution is -0.385. The van der Waals surface area contributed by atoms with Gasteiger partial charge >= 0.3 is 5.69 Å². The molecule has 2 rings (SSSR count). The van der Waals surface area contributed by atoms with E-state index in [0.29, 0.717) is 0 Å². The lowest BCUT2D eigenvalue weighted by Gasteiger charge is -2.15. The predicted molar refractivity (Wildman–Crippen MR) is 71.6 cm³/mol. The van der Waals surface area contributed by atoms with Crippen LogP contribution in [0.3, 0.4) is 0 Å². The maximum Gasteiger partial charge on any atom is 0.319 e. The van der Waals surface area contributed by atoms with Crippen molar-refractivity contribution in [1.29, 1.82) is 0 Å². The van der Waals surface area contributed by atoms with Gasteiger partial charge in [-0.25, -0.2) is 4.98 Å². The van der Waals surface area contributed by atoms with E-state index in [1.54, 1.807) is 0 Å². The first-order valence-electron chi connectivity index (χ1n) is 6.26. The average Bonchev–Trinajstić information content (AvgIpc) is 2.80. The standard InChI is InChI=1S/C12H14ClN3O4/c13-11-10(16(19)20)8(4-5-14-11)12(18)15-6-7-2-1-3-9(7)17/h4-5,7,9,17H,1-3,6H2,(H,15,18). The molecule has 108 valence electrons. The minimum atomic E-state index is -0.728. The molecule has 20 heavy (non-hydrogen) atoms. The van der Waals surface area contributed by atoms with Crippen LogP contribution in [0.5, 0.6) is 0 Å². The number of nitrogens with one attached hydrogen (secondary N) is 1. The number of rotatable bonds is 4. The van der Waals surface area contributed by atoms with Crippen molar-refractivity contribution in [2.75, 3.05) is 6.54 Å². The molecule has 0 spiro atoms. The summed E-state index contributed by atoms with van der Waals surface area (Å²) in [6.07, 6.45) is 3.30. The highest BCUT2D eigenvalue weighted by Gasteiger charge is 2.28. The van der Waals surface area contributed by atoms with E-state index in [0.717, 1.165) is 19.3 Å². The summed E-state index contributed by atoms with van der Waals surface area (Å²) in [5, 5.41) is 22.9. The maximum atomic E-state index is 12.0. The van der Waals surface area contributed by atoms with Crippen molar-refractivity contribution in [3.05, 3.63) is 33.1 Å². The Morgan fingerprint density at radius 3 is 2.95 bits per heavy atom. The molecule has 1 amide bonds. The molecule has 2 N–H and O–H groups in total. The van der Waals surface area contributed by atoms with Crippen LogP contribution < -0.4 is 5.32 Å². The zero-order chi connectivity index (χ0) is 14.7. The summed E-state index contributed by atoms with van der Waals surface area (Å²) in [6, 6.07) is 1.25. The number of nitrogens with zero attached hydrogens (tertiary/aromatic N) is 2. The summed E-state index contributed by atoms with van der Waals surface area (Å²) in [6.45, 7) is 0.289. The molecule has 7 nitrogen and oxygen atoms in total. The number of amides is 1. The van der Waals surface area contributed by atoms with Gasteiger partial charge in [-0.3, -0.25) is 14.9 Å². The van der Waals surface area contributed by atoms with E-state index >= 15 is 0 Å². The van der Waals surface area contributed by atoms with Gasteiger partial charge in [-0.2, -0.15) is 0 Å². The maximum absolute atomic E-state index is 12.0. The monoisotopic (exact) mass is 299 g/mol. The van der Waals surface area contributed by atoms with E-state index in [9.17, 15) is 20.0 Å². The van der Waals surface area contributed by atoms with E-state index in [1.807, 2.05) is 0 Å². The van der Waals surface area contributed by atoms with Crippen molar-refractivity contribution < 1.29 is 14.8 Å². The van der Waals surface area contributed by atoms with Gasteiger partial charge in [0.1, 0.15) is 5.56 Å². The van der Waals surface area contributed by atoms with E-state index in [4.69, 9.17) is 11.6 Å². The van der Waals surface area contributed by atoms with Gasteiger partial charge in [0.25, 0.3) is 5.91 Å². The Morgan fingerprint density at radius 2 is 2.35 bits per heavy atom. The van der Waals surface area contributed by atoms with Crippen LogP contribution in [0.25, 0.3) is 0 Å². The zero-order valence-corrected chi connectivity index (χ0v) is 11.3. The second-order valence-corrected chi connectivity index (χ2v) is 5.08. The molecule has 0 aromatic carbocycles. The topological polar surface area (TPSA) is 105 Å². The van der Waals surface area contributed by atoms with Gasteiger partial charge in [0.05, 0.1) is 11.0 Å². The molecule has 1 saturated carbocycles. The minimum Gasteiger partial charge on any atom is -0.393 e. The number of hydrogen-bond acceptors (Lipinski definition) is 5. The molecule has 0 aliphatic heterocycles. The summed E-state index contributed by atoms with van der Waals surface area (Å²) in [5.41, 5.74) is -0.624. The van der Waals surface area contributed by atoms with Crippen molar-refractivity contribution in [2.24, 2.45) is 5.92 Å². The molecule has 1 aromatic rings. The molecule has 8 heteroatoms. The van der Waals surface area contributed by atoms with Gasteiger partial charge in [0, 0.05) is 18.7 Å². The first-order chi connectivity index (χ1) is 9.50. The first kappa shape index (κ1) is 14.7. The predicted octanol–water partition coefficient (Wildman–Crippen LogP) is 1.53.